The molecule has 1 aromatic carbocycles. The number of fused-ring (bicyclic) bond motifs is 3. The SMILES string of the molecule is COc1ccc2c(OC3CC4C(=O)NC5(C(=O)NS(=O)(=O)C6CC6)CC5C=CC(C)CCCC(C)C(NC(=O)OC(C)(C)C(F)(F)F)C(=O)N4C3)ncc(OC)c2c1. The minimum atomic E-state index is -4.92. The minimum Gasteiger partial charge on any atom is -0.497 e. The largest absolute Gasteiger partial charge is 0.497 e. The maximum atomic E-state index is 14.7. The molecule has 2 aliphatic heterocycles. The number of carbonyl (C=O) groups excluding carboxylic acids is 4. The van der Waals surface area contributed by atoms with Gasteiger partial charge in [0.15, 0.2) is 0 Å². The third-order valence-corrected chi connectivity index (χ3v) is 13.3. The molecule has 2 aliphatic carbocycles. The van der Waals surface area contributed by atoms with Gasteiger partial charge in [0.05, 0.1) is 32.2 Å². The number of hydrogen-bond donors (Lipinski definition) is 3. The standard InChI is InChI=1S/C39H50F3N5O10S/c1-21-8-7-9-22(2)31(44-36(51)57-37(3,4)39(40,41)42)34(49)47-20-25(56-33-27-15-12-24(54-5)16-28(27)30(55-6)19-43-33)17-29(47)32(48)45-38(18-23(38)11-10-21)35(50)46-58(52,53)26-13-14-26/h10-12,15-16,19,21-23,25-26,29,31H,7-9,13-14,17-18,20H2,1-6H3,(H,44,51)(H,45,48)(H,46,50). The predicted molar refractivity (Wildman–Crippen MR) is 203 cm³/mol. The van der Waals surface area contributed by atoms with Gasteiger partial charge in [-0.2, -0.15) is 13.2 Å². The van der Waals surface area contributed by atoms with Crippen LogP contribution in [0.25, 0.3) is 10.8 Å². The van der Waals surface area contributed by atoms with E-state index in [1.54, 1.807) is 31.2 Å². The van der Waals surface area contributed by atoms with Crippen molar-refractivity contribution in [2.75, 3.05) is 20.8 Å². The molecule has 3 fully saturated rings. The van der Waals surface area contributed by atoms with Gasteiger partial charge in [0.1, 0.15) is 35.2 Å². The van der Waals surface area contributed by atoms with E-state index < -0.39 is 86.4 Å². The Kier molecular flexibility index (Phi) is 11.9. The van der Waals surface area contributed by atoms with Gasteiger partial charge >= 0.3 is 12.3 Å². The molecule has 2 aromatic rings. The number of ether oxygens (including phenoxy) is 4. The Balaban J connectivity index is 1.36. The number of hydrogen-bond acceptors (Lipinski definition) is 11. The molecule has 0 spiro atoms. The van der Waals surface area contributed by atoms with Crippen LogP contribution in [0.15, 0.2) is 36.5 Å². The highest BCUT2D eigenvalue weighted by atomic mass is 32.2. The average Bonchev–Trinajstić information content (AvgIpc) is 4.08. The summed E-state index contributed by atoms with van der Waals surface area (Å²) in [4.78, 5) is 61.7. The first-order valence-corrected chi connectivity index (χ1v) is 20.8. The summed E-state index contributed by atoms with van der Waals surface area (Å²) in [6, 6.07) is 2.35. The van der Waals surface area contributed by atoms with Crippen molar-refractivity contribution >= 4 is 44.6 Å². The van der Waals surface area contributed by atoms with Gasteiger partial charge in [0.2, 0.25) is 33.3 Å². The average molecular weight is 838 g/mol. The number of rotatable bonds is 9. The number of nitrogens with zero attached hydrogens (tertiary/aromatic N) is 2. The molecule has 15 nitrogen and oxygen atoms in total. The Hall–Kier alpha value is -4.81. The number of pyridine rings is 1. The summed E-state index contributed by atoms with van der Waals surface area (Å²) >= 11 is 0. The summed E-state index contributed by atoms with van der Waals surface area (Å²) in [6.45, 7) is 4.75. The highest BCUT2D eigenvalue weighted by molar-refractivity contribution is 7.91. The van der Waals surface area contributed by atoms with Gasteiger partial charge in [-0.15, -0.1) is 0 Å². The van der Waals surface area contributed by atoms with E-state index in [1.165, 1.54) is 25.3 Å². The predicted octanol–water partition coefficient (Wildman–Crippen LogP) is 4.53. The van der Waals surface area contributed by atoms with Crippen LogP contribution in [0.1, 0.15) is 72.6 Å². The first-order valence-electron chi connectivity index (χ1n) is 19.3. The van der Waals surface area contributed by atoms with Crippen LogP contribution in [-0.2, 0) is 29.1 Å². The summed E-state index contributed by atoms with van der Waals surface area (Å²) in [7, 11) is -1.01. The fraction of sp³-hybridized carbons (Fsp3) is 0.615. The number of halogens is 3. The van der Waals surface area contributed by atoms with Gasteiger partial charge < -0.3 is 34.5 Å². The van der Waals surface area contributed by atoms with Crippen molar-refractivity contribution in [3.05, 3.63) is 36.5 Å². The second-order valence-corrected chi connectivity index (χ2v) is 18.2. The molecule has 1 aromatic heterocycles. The van der Waals surface area contributed by atoms with E-state index in [2.05, 4.69) is 20.3 Å². The number of alkyl carbamates (subject to hydrolysis) is 1. The lowest BCUT2D eigenvalue weighted by Gasteiger charge is -2.33. The molecule has 1 saturated heterocycles. The van der Waals surface area contributed by atoms with E-state index in [-0.39, 0.29) is 31.2 Å². The van der Waals surface area contributed by atoms with Gasteiger partial charge in [-0.3, -0.25) is 19.1 Å². The molecule has 58 heavy (non-hydrogen) atoms. The van der Waals surface area contributed by atoms with Gasteiger partial charge in [0.25, 0.3) is 5.91 Å². The molecule has 3 N–H and O–H groups in total. The van der Waals surface area contributed by atoms with Crippen molar-refractivity contribution in [2.24, 2.45) is 17.8 Å². The van der Waals surface area contributed by atoms with Crippen molar-refractivity contribution < 1.29 is 59.7 Å². The van der Waals surface area contributed by atoms with Crippen LogP contribution in [-0.4, -0.2) is 104 Å². The molecule has 7 unspecified atom stereocenters. The third kappa shape index (κ3) is 8.93. The normalized spacial score (nSPS) is 28.3. The monoisotopic (exact) mass is 837 g/mol. The Morgan fingerprint density at radius 2 is 1.74 bits per heavy atom. The number of methoxy groups -OCH3 is 2. The van der Waals surface area contributed by atoms with Crippen LogP contribution in [0, 0.1) is 17.8 Å². The summed E-state index contributed by atoms with van der Waals surface area (Å²) < 4.78 is 91.1. The molecule has 4 aliphatic rings. The quantitative estimate of drug-likeness (QED) is 0.301. The molecule has 0 bridgehead atoms. The molecule has 0 radical (unpaired) electrons. The van der Waals surface area contributed by atoms with Crippen molar-refractivity contribution in [3.63, 3.8) is 0 Å². The number of nitrogens with one attached hydrogen (secondary N) is 3. The summed E-state index contributed by atoms with van der Waals surface area (Å²) in [6.07, 6.45) is 0.125. The fourth-order valence-electron chi connectivity index (χ4n) is 7.47. The molecular formula is C39H50F3N5O10S. The number of allylic oxidation sites excluding steroid dienone is 1. The van der Waals surface area contributed by atoms with Crippen LogP contribution >= 0.6 is 0 Å². The number of amides is 4. The van der Waals surface area contributed by atoms with E-state index in [4.69, 9.17) is 18.9 Å². The lowest BCUT2D eigenvalue weighted by molar-refractivity contribution is -0.244. The third-order valence-electron chi connectivity index (χ3n) is 11.5. The number of aromatic nitrogens is 1. The van der Waals surface area contributed by atoms with Crippen molar-refractivity contribution in [1.29, 1.82) is 0 Å². The van der Waals surface area contributed by atoms with Crippen LogP contribution in [0.3, 0.4) is 0 Å². The van der Waals surface area contributed by atoms with E-state index in [1.807, 2.05) is 13.0 Å². The highest BCUT2D eigenvalue weighted by Crippen LogP contribution is 2.46. The lowest BCUT2D eigenvalue weighted by Crippen LogP contribution is -2.59. The molecule has 3 heterocycles. The molecular weight excluding hydrogens is 788 g/mol. The number of benzene rings is 1. The summed E-state index contributed by atoms with van der Waals surface area (Å²) in [5, 5.41) is 5.57. The number of alkyl halides is 3. The smallest absolute Gasteiger partial charge is 0.427 e. The molecule has 4 amide bonds. The maximum Gasteiger partial charge on any atom is 0.427 e. The van der Waals surface area contributed by atoms with Crippen LogP contribution in [0.4, 0.5) is 18.0 Å². The Bertz CT molecular complexity index is 2080. The van der Waals surface area contributed by atoms with Crippen LogP contribution < -0.4 is 29.6 Å². The number of sulfonamides is 1. The maximum absolute atomic E-state index is 14.7. The molecule has 19 heteroatoms. The van der Waals surface area contributed by atoms with E-state index in [0.29, 0.717) is 68.2 Å². The molecule has 2 saturated carbocycles. The van der Waals surface area contributed by atoms with Crippen molar-refractivity contribution in [3.8, 4) is 17.4 Å². The van der Waals surface area contributed by atoms with Crippen LogP contribution in [0.2, 0.25) is 0 Å². The van der Waals surface area contributed by atoms with Gasteiger partial charge in [-0.1, -0.05) is 32.4 Å². The minimum absolute atomic E-state index is 0.0333. The van der Waals surface area contributed by atoms with Crippen molar-refractivity contribution in [2.45, 2.75) is 113 Å². The Labute approximate surface area is 334 Å². The molecule has 6 rings (SSSR count). The van der Waals surface area contributed by atoms with Crippen LogP contribution in [0.5, 0.6) is 17.4 Å². The zero-order chi connectivity index (χ0) is 42.4. The van der Waals surface area contributed by atoms with E-state index in [9.17, 15) is 40.8 Å². The molecule has 7 atom stereocenters. The van der Waals surface area contributed by atoms with E-state index >= 15 is 0 Å². The zero-order valence-electron chi connectivity index (χ0n) is 33.2. The van der Waals surface area contributed by atoms with E-state index in [0.717, 1.165) is 0 Å². The first kappa shape index (κ1) is 42.8. The first-order chi connectivity index (χ1) is 27.2. The fourth-order valence-corrected chi connectivity index (χ4v) is 8.84. The zero-order valence-corrected chi connectivity index (χ0v) is 34.0. The lowest BCUT2D eigenvalue weighted by atomic mass is 9.92. The van der Waals surface area contributed by atoms with Gasteiger partial charge in [-0.05, 0) is 76.0 Å². The topological polar surface area (TPSA) is 192 Å². The summed E-state index contributed by atoms with van der Waals surface area (Å²) in [5.74, 6) is -2.60. The Morgan fingerprint density at radius 3 is 2.40 bits per heavy atom. The highest BCUT2D eigenvalue weighted by Gasteiger charge is 2.62. The van der Waals surface area contributed by atoms with Crippen molar-refractivity contribution in [1.82, 2.24) is 25.2 Å². The number of carbonyl (C=O) groups is 4. The second kappa shape index (κ2) is 16.1. The second-order valence-electron chi connectivity index (χ2n) is 16.3. The van der Waals surface area contributed by atoms with Gasteiger partial charge in [-0.25, -0.2) is 18.2 Å². The Morgan fingerprint density at radius 1 is 1.02 bits per heavy atom. The van der Waals surface area contributed by atoms with Gasteiger partial charge in [0, 0.05) is 23.1 Å². The summed E-state index contributed by atoms with van der Waals surface area (Å²) in [5.41, 5.74) is -4.53. The molecule has 318 valence electrons.